The van der Waals surface area contributed by atoms with Crippen LogP contribution in [0.1, 0.15) is 453 Å². The largest absolute Gasteiger partial charge is 0.264 e. The molecule has 0 aliphatic heterocycles. The SMILES string of the molecule is Cc1cc(C(C)C)cc(C)n1.Cc1cc(C(C)C)ccn1.Cc1cc(C(C)C)cnc1C.Cc1cc(C)c(C(C)C)cc1C.Cc1ccc(C(C)C)c(C)c1.Cc1ccc(C(C)C)c(C)n1.Cc1ccc(C(C)C)cc1C.Cc1ccc(C)c(C(C)C)c1.Cc1cccc(C(C)C)c1.Cc1ccncc1C(C)C.Cc1cnc(C)c(C(C)C)c1.Cc1cnccc1C(C)C.Cc1ncccc1C(C)C. The average molecular weight is 1880 g/mol. The highest BCUT2D eigenvalue weighted by Gasteiger charge is 2.12. The summed E-state index contributed by atoms with van der Waals surface area (Å²) in [5, 5.41) is 0. The number of rotatable bonds is 13. The molecule has 13 aromatic rings. The Hall–Kier alpha value is -10.7. The van der Waals surface area contributed by atoms with Crippen LogP contribution >= 0.6 is 0 Å². The second kappa shape index (κ2) is 65.3. The standard InChI is InChI=1S/C12H18.3C11H16.4C10H15N.C10H14.4C9H13N/c1-8(2)12-7-10(4)9(3)6-11(12)5;1-8(2)11-6-5-9(3)10(4)7-11;1-8(2)11-6-5-9(3)7-10(11)4;1-8(2)11-7-9(3)5-6-10(11)4;1-7(2)10-5-8(3)9(4)11-6-10;1-7(2)10-5-8(3)11-9(4)6-10;1-7(2)10-5-8(3)6-11-9(10)4;1-7(2)10-6-5-8(3)11-9(10)4;1-8(2)10-6-4-5-9(3)7-10;1-7(2)9-4-5-10-6-8(9)3;1-7(2)9-4-5-10-8(3)6-9;1-7(2)9-6-10-5-4-8(9)3;1-7(2)9-5-4-6-10-8(9)3/h6-8H,1-5H3;3*5-8H,1-4H3;4*5-7H,1-4H3;4-8H,1-3H3;4*4-7H,1-3H3. The smallest absolute Gasteiger partial charge is 0.0410 e. The van der Waals surface area contributed by atoms with Crippen LogP contribution in [0.25, 0.3) is 0 Å². The van der Waals surface area contributed by atoms with Crippen LogP contribution in [0, 0.1) is 152 Å². The van der Waals surface area contributed by atoms with Gasteiger partial charge in [-0.1, -0.05) is 312 Å². The van der Waals surface area contributed by atoms with Gasteiger partial charge in [0.2, 0.25) is 0 Å². The van der Waals surface area contributed by atoms with Gasteiger partial charge >= 0.3 is 0 Å². The predicted molar refractivity (Wildman–Crippen MR) is 613 cm³/mol. The maximum Gasteiger partial charge on any atom is 0.0410 e. The fourth-order valence-corrected chi connectivity index (χ4v) is 15.6. The lowest BCUT2D eigenvalue weighted by molar-refractivity contribution is 0.839. The van der Waals surface area contributed by atoms with Gasteiger partial charge < -0.3 is 0 Å². The number of aromatic nitrogens is 8. The fourth-order valence-electron chi connectivity index (χ4n) is 15.6. The molecule has 0 aliphatic carbocycles. The van der Waals surface area contributed by atoms with Crippen LogP contribution in [0.2, 0.25) is 0 Å². The lowest BCUT2D eigenvalue weighted by Crippen LogP contribution is -1.95. The Labute approximate surface area is 852 Å². The quantitative estimate of drug-likeness (QED) is 0.112. The molecule has 5 aromatic carbocycles. The normalized spacial score (nSPS) is 10.6. The number of hydrogen-bond acceptors (Lipinski definition) is 8. The molecule has 0 radical (unpaired) electrons. The lowest BCUT2D eigenvalue weighted by atomic mass is 9.94. The first-order valence-electron chi connectivity index (χ1n) is 51.6. The van der Waals surface area contributed by atoms with Crippen LogP contribution in [0.5, 0.6) is 0 Å². The third-order valence-electron chi connectivity index (χ3n) is 24.7. The maximum atomic E-state index is 4.39. The van der Waals surface area contributed by atoms with Crippen molar-refractivity contribution >= 4 is 0 Å². The van der Waals surface area contributed by atoms with E-state index in [4.69, 9.17) is 0 Å². The number of pyridine rings is 8. The van der Waals surface area contributed by atoms with E-state index in [0.29, 0.717) is 76.9 Å². The molecule has 139 heavy (non-hydrogen) atoms. The molecule has 8 nitrogen and oxygen atoms in total. The van der Waals surface area contributed by atoms with Crippen LogP contribution in [0.15, 0.2) is 213 Å². The van der Waals surface area contributed by atoms with Gasteiger partial charge in [-0.15, -0.1) is 0 Å². The van der Waals surface area contributed by atoms with Crippen molar-refractivity contribution in [1.29, 1.82) is 0 Å². The van der Waals surface area contributed by atoms with E-state index in [-0.39, 0.29) is 0 Å². The molecule has 8 aromatic heterocycles. The first kappa shape index (κ1) is 126. The van der Waals surface area contributed by atoms with E-state index in [1.54, 1.807) is 0 Å². The zero-order chi connectivity index (χ0) is 106. The van der Waals surface area contributed by atoms with Gasteiger partial charge in [0.15, 0.2) is 0 Å². The summed E-state index contributed by atoms with van der Waals surface area (Å²) < 4.78 is 0. The summed E-state index contributed by atoms with van der Waals surface area (Å²) in [6.07, 6.45) is 15.1. The molecule has 0 N–H and O–H groups in total. The Bertz CT molecular complexity index is 5330. The van der Waals surface area contributed by atoms with Crippen molar-refractivity contribution in [2.45, 2.75) is 409 Å². The third kappa shape index (κ3) is 49.8. The number of hydrogen-bond donors (Lipinski definition) is 0. The molecule has 0 saturated carbocycles. The van der Waals surface area contributed by atoms with Gasteiger partial charge in [0.1, 0.15) is 0 Å². The lowest BCUT2D eigenvalue weighted by Gasteiger charge is -2.12. The number of aryl methyl sites for hydroxylation is 22. The highest BCUT2D eigenvalue weighted by molar-refractivity contribution is 5.40. The fraction of sp³-hybridized carbons (Fsp3) is 0.466. The monoisotopic (exact) mass is 1880 g/mol. The van der Waals surface area contributed by atoms with Crippen molar-refractivity contribution < 1.29 is 0 Å². The van der Waals surface area contributed by atoms with Gasteiger partial charge in [-0.2, -0.15) is 0 Å². The van der Waals surface area contributed by atoms with Gasteiger partial charge in [-0.25, -0.2) is 0 Å². The molecule has 0 saturated heterocycles. The Balaban J connectivity index is 0.000000753. The minimum absolute atomic E-state index is 0.585. The van der Waals surface area contributed by atoms with Gasteiger partial charge in [-0.3, -0.25) is 39.9 Å². The van der Waals surface area contributed by atoms with E-state index in [9.17, 15) is 0 Å². The second-order valence-corrected chi connectivity index (χ2v) is 42.3. The molecule has 0 spiro atoms. The van der Waals surface area contributed by atoms with Crippen molar-refractivity contribution in [2.75, 3.05) is 0 Å². The molecule has 0 unspecified atom stereocenters. The van der Waals surface area contributed by atoms with Crippen molar-refractivity contribution in [3.05, 3.63) is 409 Å². The van der Waals surface area contributed by atoms with Gasteiger partial charge in [0, 0.05) is 95.1 Å². The second-order valence-electron chi connectivity index (χ2n) is 42.3. The molecule has 0 bridgehead atoms. The van der Waals surface area contributed by atoms with Crippen molar-refractivity contribution in [3.8, 4) is 0 Å². The Kier molecular flexibility index (Phi) is 59.4. The molecule has 0 fully saturated rings. The summed E-state index contributed by atoms with van der Waals surface area (Å²) in [7, 11) is 0. The Morgan fingerprint density at radius 2 is 0.568 bits per heavy atom. The van der Waals surface area contributed by atoms with E-state index < -0.39 is 0 Å². The summed E-state index contributed by atoms with van der Waals surface area (Å²) in [6.45, 7) is 104. The van der Waals surface area contributed by atoms with Crippen LogP contribution in [-0.2, 0) is 0 Å². The molecular weight excluding hydrogens is 1690 g/mol. The maximum absolute atomic E-state index is 4.39. The zero-order valence-corrected chi connectivity index (χ0v) is 96.8. The van der Waals surface area contributed by atoms with E-state index >= 15 is 0 Å². The molecule has 13 rings (SSSR count). The van der Waals surface area contributed by atoms with Crippen LogP contribution in [0.3, 0.4) is 0 Å². The minimum atomic E-state index is 0.585. The van der Waals surface area contributed by atoms with Crippen molar-refractivity contribution in [2.24, 2.45) is 0 Å². The van der Waals surface area contributed by atoms with E-state index in [1.165, 1.54) is 156 Å². The minimum Gasteiger partial charge on any atom is -0.264 e. The first-order valence-corrected chi connectivity index (χ1v) is 51.6. The van der Waals surface area contributed by atoms with Crippen LogP contribution < -0.4 is 0 Å². The van der Waals surface area contributed by atoms with E-state index in [1.807, 2.05) is 90.3 Å². The average Bonchev–Trinajstić information content (AvgIpc) is 0.846. The molecule has 0 aliphatic rings. The van der Waals surface area contributed by atoms with Crippen molar-refractivity contribution in [1.82, 2.24) is 39.9 Å². The third-order valence-corrected chi connectivity index (χ3v) is 24.7. The molecule has 756 valence electrons. The van der Waals surface area contributed by atoms with E-state index in [2.05, 4.69) is 495 Å². The molecule has 8 heterocycles. The molecule has 0 atom stereocenters. The molecular formula is C131H192N8. The zero-order valence-electron chi connectivity index (χ0n) is 96.8. The van der Waals surface area contributed by atoms with Crippen LogP contribution in [0.4, 0.5) is 0 Å². The summed E-state index contributed by atoms with van der Waals surface area (Å²) in [5.41, 5.74) is 46.3. The predicted octanol–water partition coefficient (Wildman–Crippen LogP) is 38.5. The molecule has 8 heteroatoms. The van der Waals surface area contributed by atoms with Crippen molar-refractivity contribution in [3.63, 3.8) is 0 Å². The number of benzene rings is 5. The summed E-state index contributed by atoms with van der Waals surface area (Å²) in [5.74, 6) is 8.01. The summed E-state index contributed by atoms with van der Waals surface area (Å²) in [4.78, 5) is 33.7. The Morgan fingerprint density at radius 1 is 0.158 bits per heavy atom. The molecule has 0 amide bonds. The van der Waals surface area contributed by atoms with E-state index in [0.717, 1.165) is 39.9 Å². The number of nitrogens with zero attached hydrogens (tertiary/aromatic N) is 8. The van der Waals surface area contributed by atoms with Gasteiger partial charge in [0.25, 0.3) is 0 Å². The summed E-state index contributed by atoms with van der Waals surface area (Å²) >= 11 is 0. The van der Waals surface area contributed by atoms with Crippen LogP contribution in [-0.4, -0.2) is 39.9 Å². The first-order chi connectivity index (χ1) is 64.8. The highest BCUT2D eigenvalue weighted by atomic mass is 14.7. The summed E-state index contributed by atoms with van der Waals surface area (Å²) in [6, 6.07) is 58.7. The van der Waals surface area contributed by atoms with Gasteiger partial charge in [-0.05, 0) is 411 Å². The Morgan fingerprint density at radius 3 is 1.00 bits per heavy atom. The topological polar surface area (TPSA) is 103 Å². The van der Waals surface area contributed by atoms with Gasteiger partial charge in [0.05, 0.1) is 0 Å². The highest BCUT2D eigenvalue weighted by Crippen LogP contribution is 2.28.